The topological polar surface area (TPSA) is 18.5 Å². The second-order valence-electron chi connectivity index (χ2n) is 6.14. The Morgan fingerprint density at radius 3 is 2.67 bits per heavy atom. The monoisotopic (exact) mass is 255 g/mol. The molecular formula is C15H33N3. The first kappa shape index (κ1) is 15.9. The fourth-order valence-electron chi connectivity index (χ4n) is 3.17. The number of hydrogen-bond donors (Lipinski definition) is 1. The molecule has 1 N–H and O–H groups in total. The maximum Gasteiger partial charge on any atom is 0.0197 e. The third-order valence-electron chi connectivity index (χ3n) is 4.10. The van der Waals surface area contributed by atoms with Gasteiger partial charge < -0.3 is 10.2 Å². The second kappa shape index (κ2) is 8.13. The summed E-state index contributed by atoms with van der Waals surface area (Å²) in [4.78, 5) is 5.17. The molecule has 3 unspecified atom stereocenters. The van der Waals surface area contributed by atoms with E-state index in [2.05, 4.69) is 49.9 Å². The van der Waals surface area contributed by atoms with Gasteiger partial charge in [-0.3, -0.25) is 4.90 Å². The van der Waals surface area contributed by atoms with Gasteiger partial charge in [0.2, 0.25) is 0 Å². The van der Waals surface area contributed by atoms with E-state index in [0.717, 1.165) is 6.54 Å². The Morgan fingerprint density at radius 1 is 1.28 bits per heavy atom. The lowest BCUT2D eigenvalue weighted by molar-refractivity contribution is 0.138. The Balaban J connectivity index is 2.41. The van der Waals surface area contributed by atoms with Crippen LogP contribution in [0, 0.1) is 0 Å². The van der Waals surface area contributed by atoms with Gasteiger partial charge >= 0.3 is 0 Å². The summed E-state index contributed by atoms with van der Waals surface area (Å²) in [7, 11) is 2.25. The van der Waals surface area contributed by atoms with E-state index in [4.69, 9.17) is 0 Å². The lowest BCUT2D eigenvalue weighted by atomic mass is 10.1. The van der Waals surface area contributed by atoms with Crippen molar-refractivity contribution in [2.45, 2.75) is 65.1 Å². The van der Waals surface area contributed by atoms with Crippen LogP contribution in [0.4, 0.5) is 0 Å². The van der Waals surface area contributed by atoms with Crippen LogP contribution in [0.3, 0.4) is 0 Å². The number of nitrogens with one attached hydrogen (secondary N) is 1. The minimum absolute atomic E-state index is 0.633. The highest BCUT2D eigenvalue weighted by atomic mass is 15.2. The molecule has 18 heavy (non-hydrogen) atoms. The van der Waals surface area contributed by atoms with Crippen LogP contribution in [0.25, 0.3) is 0 Å². The molecule has 0 saturated carbocycles. The van der Waals surface area contributed by atoms with Crippen LogP contribution in [0.2, 0.25) is 0 Å². The van der Waals surface area contributed by atoms with E-state index in [9.17, 15) is 0 Å². The molecule has 1 aliphatic heterocycles. The minimum Gasteiger partial charge on any atom is -0.314 e. The van der Waals surface area contributed by atoms with Crippen LogP contribution in [0.1, 0.15) is 47.0 Å². The van der Waals surface area contributed by atoms with E-state index in [1.54, 1.807) is 0 Å². The van der Waals surface area contributed by atoms with Gasteiger partial charge in [0.1, 0.15) is 0 Å². The molecule has 0 spiro atoms. The summed E-state index contributed by atoms with van der Waals surface area (Å²) in [5.74, 6) is 0. The predicted octanol–water partition coefficient (Wildman–Crippen LogP) is 2.18. The van der Waals surface area contributed by atoms with Crippen molar-refractivity contribution in [1.82, 2.24) is 15.1 Å². The summed E-state index contributed by atoms with van der Waals surface area (Å²) in [5.41, 5.74) is 0. The van der Waals surface area contributed by atoms with Crippen molar-refractivity contribution in [3.05, 3.63) is 0 Å². The van der Waals surface area contributed by atoms with E-state index in [1.807, 2.05) is 0 Å². The van der Waals surface area contributed by atoms with Gasteiger partial charge in [-0.2, -0.15) is 0 Å². The van der Waals surface area contributed by atoms with Gasteiger partial charge in [0.05, 0.1) is 0 Å². The number of likely N-dealkylation sites (N-methyl/N-ethyl adjacent to an activating group) is 1. The third-order valence-corrected chi connectivity index (χ3v) is 4.10. The average Bonchev–Trinajstić information content (AvgIpc) is 2.47. The van der Waals surface area contributed by atoms with Crippen molar-refractivity contribution >= 4 is 0 Å². The molecule has 1 heterocycles. The Kier molecular flexibility index (Phi) is 7.20. The predicted molar refractivity (Wildman–Crippen MR) is 80.1 cm³/mol. The molecule has 0 radical (unpaired) electrons. The second-order valence-corrected chi connectivity index (χ2v) is 6.14. The van der Waals surface area contributed by atoms with Crippen molar-refractivity contribution < 1.29 is 0 Å². The Hall–Kier alpha value is -0.120. The smallest absolute Gasteiger partial charge is 0.0197 e. The van der Waals surface area contributed by atoms with E-state index in [1.165, 1.54) is 38.9 Å². The molecule has 0 amide bonds. The molecule has 0 aromatic heterocycles. The van der Waals surface area contributed by atoms with Gasteiger partial charge in [-0.15, -0.1) is 0 Å². The van der Waals surface area contributed by atoms with Crippen LogP contribution in [-0.4, -0.2) is 61.2 Å². The summed E-state index contributed by atoms with van der Waals surface area (Å²) < 4.78 is 0. The maximum atomic E-state index is 3.60. The molecule has 0 bridgehead atoms. The zero-order chi connectivity index (χ0) is 13.5. The van der Waals surface area contributed by atoms with E-state index < -0.39 is 0 Å². The van der Waals surface area contributed by atoms with E-state index in [-0.39, 0.29) is 0 Å². The fraction of sp³-hybridized carbons (Fsp3) is 1.00. The van der Waals surface area contributed by atoms with Crippen LogP contribution in [0.5, 0.6) is 0 Å². The third kappa shape index (κ3) is 5.25. The Morgan fingerprint density at radius 2 is 2.00 bits per heavy atom. The lowest BCUT2D eigenvalue weighted by Gasteiger charge is -2.35. The van der Waals surface area contributed by atoms with Crippen LogP contribution in [0.15, 0.2) is 0 Å². The van der Waals surface area contributed by atoms with Gasteiger partial charge in [0, 0.05) is 24.7 Å². The molecule has 0 aliphatic carbocycles. The molecule has 1 rings (SSSR count). The zero-order valence-corrected chi connectivity index (χ0v) is 13.1. The van der Waals surface area contributed by atoms with Crippen LogP contribution >= 0.6 is 0 Å². The van der Waals surface area contributed by atoms with Crippen molar-refractivity contribution in [2.75, 3.05) is 33.2 Å². The van der Waals surface area contributed by atoms with Crippen molar-refractivity contribution in [3.8, 4) is 0 Å². The minimum atomic E-state index is 0.633. The van der Waals surface area contributed by atoms with Crippen LogP contribution < -0.4 is 5.32 Å². The van der Waals surface area contributed by atoms with Gasteiger partial charge in [0.25, 0.3) is 0 Å². The maximum absolute atomic E-state index is 3.60. The lowest BCUT2D eigenvalue weighted by Crippen LogP contribution is -2.45. The van der Waals surface area contributed by atoms with E-state index >= 15 is 0 Å². The summed E-state index contributed by atoms with van der Waals surface area (Å²) in [6, 6.07) is 2.00. The van der Waals surface area contributed by atoms with E-state index in [0.29, 0.717) is 18.1 Å². The van der Waals surface area contributed by atoms with Gasteiger partial charge in [-0.25, -0.2) is 0 Å². The summed E-state index contributed by atoms with van der Waals surface area (Å²) in [6.07, 6.45) is 3.79. The molecule has 3 heteroatoms. The van der Waals surface area contributed by atoms with Crippen LogP contribution in [-0.2, 0) is 0 Å². The average molecular weight is 255 g/mol. The van der Waals surface area contributed by atoms with Gasteiger partial charge in [0.15, 0.2) is 0 Å². The molecular weight excluding hydrogens is 222 g/mol. The first-order valence-corrected chi connectivity index (χ1v) is 7.72. The molecule has 1 fully saturated rings. The SMILES string of the molecule is CCCNC(C)CC(C)N1CCCN(C)CC1C. The Bertz CT molecular complexity index is 220. The van der Waals surface area contributed by atoms with Crippen molar-refractivity contribution in [1.29, 1.82) is 0 Å². The molecule has 0 aromatic carbocycles. The largest absolute Gasteiger partial charge is 0.314 e. The summed E-state index contributed by atoms with van der Waals surface area (Å²) in [6.45, 7) is 14.2. The van der Waals surface area contributed by atoms with Gasteiger partial charge in [-0.05, 0) is 66.7 Å². The number of nitrogens with zero attached hydrogens (tertiary/aromatic N) is 2. The summed E-state index contributed by atoms with van der Waals surface area (Å²) >= 11 is 0. The number of hydrogen-bond acceptors (Lipinski definition) is 3. The summed E-state index contributed by atoms with van der Waals surface area (Å²) in [5, 5.41) is 3.60. The molecule has 108 valence electrons. The van der Waals surface area contributed by atoms with Crippen molar-refractivity contribution in [2.24, 2.45) is 0 Å². The normalized spacial score (nSPS) is 26.8. The first-order chi connectivity index (χ1) is 8.54. The van der Waals surface area contributed by atoms with Gasteiger partial charge in [-0.1, -0.05) is 6.92 Å². The molecule has 1 saturated heterocycles. The fourth-order valence-corrected chi connectivity index (χ4v) is 3.17. The molecule has 1 aliphatic rings. The molecule has 3 nitrogen and oxygen atoms in total. The highest BCUT2D eigenvalue weighted by Gasteiger charge is 2.24. The molecule has 0 aromatic rings. The first-order valence-electron chi connectivity index (χ1n) is 7.72. The standard InChI is InChI=1S/C15H33N3/c1-6-8-16-13(2)11-14(3)18-10-7-9-17(5)12-15(18)4/h13-16H,6-12H2,1-5H3. The number of rotatable bonds is 6. The Labute approximate surface area is 114 Å². The highest BCUT2D eigenvalue weighted by molar-refractivity contribution is 4.81. The quantitative estimate of drug-likeness (QED) is 0.785. The zero-order valence-electron chi connectivity index (χ0n) is 13.1. The molecule has 3 atom stereocenters. The van der Waals surface area contributed by atoms with Crippen molar-refractivity contribution in [3.63, 3.8) is 0 Å². The highest BCUT2D eigenvalue weighted by Crippen LogP contribution is 2.15.